The average Bonchev–Trinajstić information content (AvgIpc) is 3.10. The first-order chi connectivity index (χ1) is 8.70. The fourth-order valence-electron chi connectivity index (χ4n) is 1.94. The summed E-state index contributed by atoms with van der Waals surface area (Å²) in [6.07, 6.45) is 7.42. The van der Waals surface area contributed by atoms with Crippen molar-refractivity contribution in [3.63, 3.8) is 0 Å². The van der Waals surface area contributed by atoms with Crippen molar-refractivity contribution in [1.82, 2.24) is 4.57 Å². The molecule has 1 unspecified atom stereocenters. The Bertz CT molecular complexity index is 395. The van der Waals surface area contributed by atoms with Crippen LogP contribution in [0.15, 0.2) is 18.5 Å². The molecule has 1 saturated carbocycles. The molecular weight excluding hydrogens is 230 g/mol. The number of nitrogens with zero attached hydrogens (tertiary/aromatic N) is 1. The highest BCUT2D eigenvalue weighted by atomic mass is 16.5. The van der Waals surface area contributed by atoms with Gasteiger partial charge in [0, 0.05) is 12.4 Å². The lowest BCUT2D eigenvalue weighted by molar-refractivity contribution is -0.144. The van der Waals surface area contributed by atoms with Crippen LogP contribution >= 0.6 is 0 Å². The molecule has 100 valence electrons. The molecule has 1 aliphatic carbocycles. The Kier molecular flexibility index (Phi) is 4.42. The summed E-state index contributed by atoms with van der Waals surface area (Å²) >= 11 is 0. The number of carbonyl (C=O) groups excluding carboxylic acids is 1. The molecule has 0 saturated heterocycles. The van der Waals surface area contributed by atoms with Gasteiger partial charge in [-0.25, -0.2) is 0 Å². The molecule has 1 aromatic rings. The van der Waals surface area contributed by atoms with E-state index in [1.807, 2.05) is 18.5 Å². The Morgan fingerprint density at radius 1 is 1.61 bits per heavy atom. The second-order valence-corrected chi connectivity index (χ2v) is 4.97. The van der Waals surface area contributed by atoms with Gasteiger partial charge in [0.2, 0.25) is 0 Å². The third-order valence-corrected chi connectivity index (χ3v) is 3.26. The summed E-state index contributed by atoms with van der Waals surface area (Å²) in [5.41, 5.74) is 0.902. The van der Waals surface area contributed by atoms with Crippen LogP contribution in [0.5, 0.6) is 0 Å². The molecular formula is C14H21NO3. The standard InChI is InChI=1S/C14H21NO3/c1-2-3-8-18-13(16)10-15-7-6-12(9-15)14(17)11-4-5-11/h6-7,9,11,14,17H,2-5,8,10H2,1H3. The van der Waals surface area contributed by atoms with Crippen LogP contribution in [0.4, 0.5) is 0 Å². The normalized spacial score (nSPS) is 16.6. The number of hydrogen-bond acceptors (Lipinski definition) is 3. The van der Waals surface area contributed by atoms with Gasteiger partial charge < -0.3 is 14.4 Å². The number of esters is 1. The fraction of sp³-hybridized carbons (Fsp3) is 0.643. The average molecular weight is 251 g/mol. The molecule has 0 amide bonds. The minimum atomic E-state index is -0.373. The highest BCUT2D eigenvalue weighted by Gasteiger charge is 2.31. The van der Waals surface area contributed by atoms with Gasteiger partial charge in [0.1, 0.15) is 6.54 Å². The number of ether oxygens (including phenoxy) is 1. The summed E-state index contributed by atoms with van der Waals surface area (Å²) in [5.74, 6) is 0.198. The van der Waals surface area contributed by atoms with Crippen molar-refractivity contribution in [2.75, 3.05) is 6.61 Å². The van der Waals surface area contributed by atoms with Gasteiger partial charge in [-0.05, 0) is 36.8 Å². The quantitative estimate of drug-likeness (QED) is 0.597. The maximum absolute atomic E-state index is 11.5. The van der Waals surface area contributed by atoms with E-state index < -0.39 is 0 Å². The molecule has 1 aromatic heterocycles. The van der Waals surface area contributed by atoms with E-state index in [0.717, 1.165) is 31.2 Å². The number of hydrogen-bond donors (Lipinski definition) is 1. The van der Waals surface area contributed by atoms with Crippen molar-refractivity contribution in [3.05, 3.63) is 24.0 Å². The lowest BCUT2D eigenvalue weighted by Gasteiger charge is -2.06. The van der Waals surface area contributed by atoms with Crippen LogP contribution in [-0.2, 0) is 16.1 Å². The van der Waals surface area contributed by atoms with Crippen LogP contribution in [0.1, 0.15) is 44.3 Å². The molecule has 0 radical (unpaired) electrons. The summed E-state index contributed by atoms with van der Waals surface area (Å²) < 4.78 is 6.87. The molecule has 1 aliphatic rings. The van der Waals surface area contributed by atoms with E-state index in [9.17, 15) is 9.90 Å². The van der Waals surface area contributed by atoms with Gasteiger partial charge in [-0.1, -0.05) is 13.3 Å². The van der Waals surface area contributed by atoms with Gasteiger partial charge >= 0.3 is 5.97 Å². The first kappa shape index (κ1) is 13.1. The summed E-state index contributed by atoms with van der Waals surface area (Å²) in [5, 5.41) is 9.95. The number of aliphatic hydroxyl groups excluding tert-OH is 1. The lowest BCUT2D eigenvalue weighted by Crippen LogP contribution is -2.13. The first-order valence-electron chi connectivity index (χ1n) is 6.70. The van der Waals surface area contributed by atoms with Crippen molar-refractivity contribution >= 4 is 5.97 Å². The van der Waals surface area contributed by atoms with E-state index in [-0.39, 0.29) is 18.6 Å². The zero-order chi connectivity index (χ0) is 13.0. The molecule has 4 heteroatoms. The van der Waals surface area contributed by atoms with Gasteiger partial charge in [-0.15, -0.1) is 0 Å². The highest BCUT2D eigenvalue weighted by Crippen LogP contribution is 2.40. The molecule has 0 spiro atoms. The second kappa shape index (κ2) is 6.05. The molecule has 1 heterocycles. The predicted molar refractivity (Wildman–Crippen MR) is 68.0 cm³/mol. The van der Waals surface area contributed by atoms with E-state index >= 15 is 0 Å². The topological polar surface area (TPSA) is 51.5 Å². The van der Waals surface area contributed by atoms with Crippen LogP contribution in [-0.4, -0.2) is 22.2 Å². The van der Waals surface area contributed by atoms with Crippen molar-refractivity contribution in [1.29, 1.82) is 0 Å². The van der Waals surface area contributed by atoms with Crippen molar-refractivity contribution in [2.24, 2.45) is 5.92 Å². The fourth-order valence-corrected chi connectivity index (χ4v) is 1.94. The third kappa shape index (κ3) is 3.60. The summed E-state index contributed by atoms with van der Waals surface area (Å²) in [6, 6.07) is 1.88. The Labute approximate surface area is 108 Å². The summed E-state index contributed by atoms with van der Waals surface area (Å²) in [7, 11) is 0. The first-order valence-corrected chi connectivity index (χ1v) is 6.70. The second-order valence-electron chi connectivity index (χ2n) is 4.97. The molecule has 0 bridgehead atoms. The largest absolute Gasteiger partial charge is 0.464 e. The van der Waals surface area contributed by atoms with Gasteiger partial charge in [-0.3, -0.25) is 4.79 Å². The minimum Gasteiger partial charge on any atom is -0.464 e. The van der Waals surface area contributed by atoms with E-state index in [0.29, 0.717) is 12.5 Å². The van der Waals surface area contributed by atoms with Crippen LogP contribution in [0, 0.1) is 5.92 Å². The Morgan fingerprint density at radius 2 is 2.39 bits per heavy atom. The molecule has 4 nitrogen and oxygen atoms in total. The van der Waals surface area contributed by atoms with Gasteiger partial charge in [0.25, 0.3) is 0 Å². The Balaban J connectivity index is 1.80. The molecule has 0 aromatic carbocycles. The van der Waals surface area contributed by atoms with Crippen LogP contribution in [0.2, 0.25) is 0 Å². The van der Waals surface area contributed by atoms with Crippen LogP contribution < -0.4 is 0 Å². The Hall–Kier alpha value is -1.29. The molecule has 1 fully saturated rings. The lowest BCUT2D eigenvalue weighted by atomic mass is 10.1. The number of unbranched alkanes of at least 4 members (excludes halogenated alkanes) is 1. The maximum Gasteiger partial charge on any atom is 0.325 e. The van der Waals surface area contributed by atoms with Crippen LogP contribution in [0.3, 0.4) is 0 Å². The van der Waals surface area contributed by atoms with E-state index in [1.165, 1.54) is 0 Å². The van der Waals surface area contributed by atoms with Gasteiger partial charge in [-0.2, -0.15) is 0 Å². The van der Waals surface area contributed by atoms with Crippen LogP contribution in [0.25, 0.3) is 0 Å². The predicted octanol–water partition coefficient (Wildman–Crippen LogP) is 2.27. The van der Waals surface area contributed by atoms with Crippen molar-refractivity contribution in [3.8, 4) is 0 Å². The van der Waals surface area contributed by atoms with Gasteiger partial charge in [0.15, 0.2) is 0 Å². The number of rotatable bonds is 7. The summed E-state index contributed by atoms with van der Waals surface area (Å²) in [6.45, 7) is 2.78. The molecule has 1 atom stereocenters. The smallest absolute Gasteiger partial charge is 0.325 e. The van der Waals surface area contributed by atoms with E-state index in [2.05, 4.69) is 6.92 Å². The minimum absolute atomic E-state index is 0.216. The summed E-state index contributed by atoms with van der Waals surface area (Å²) in [4.78, 5) is 11.5. The Morgan fingerprint density at radius 3 is 3.06 bits per heavy atom. The monoisotopic (exact) mass is 251 g/mol. The molecule has 1 N–H and O–H groups in total. The number of aromatic nitrogens is 1. The maximum atomic E-state index is 11.5. The van der Waals surface area contributed by atoms with E-state index in [1.54, 1.807) is 4.57 Å². The van der Waals surface area contributed by atoms with E-state index in [4.69, 9.17) is 4.74 Å². The number of carbonyl (C=O) groups is 1. The molecule has 2 rings (SSSR count). The molecule has 18 heavy (non-hydrogen) atoms. The zero-order valence-corrected chi connectivity index (χ0v) is 10.8. The number of aliphatic hydroxyl groups is 1. The third-order valence-electron chi connectivity index (χ3n) is 3.26. The van der Waals surface area contributed by atoms with Crippen molar-refractivity contribution < 1.29 is 14.6 Å². The zero-order valence-electron chi connectivity index (χ0n) is 10.8. The molecule has 0 aliphatic heterocycles. The highest BCUT2D eigenvalue weighted by molar-refractivity contribution is 5.69. The van der Waals surface area contributed by atoms with Crippen molar-refractivity contribution in [2.45, 2.75) is 45.3 Å². The SMILES string of the molecule is CCCCOC(=O)Cn1ccc(C(O)C2CC2)c1. The van der Waals surface area contributed by atoms with Gasteiger partial charge in [0.05, 0.1) is 12.7 Å².